The third-order valence-electron chi connectivity index (χ3n) is 4.87. The molecule has 0 aliphatic carbocycles. The van der Waals surface area contributed by atoms with Gasteiger partial charge in [-0.1, -0.05) is 42.5 Å². The summed E-state index contributed by atoms with van der Waals surface area (Å²) in [4.78, 5) is 28.8. The third kappa shape index (κ3) is 3.64. The Morgan fingerprint density at radius 2 is 1.68 bits per heavy atom. The van der Waals surface area contributed by atoms with Gasteiger partial charge in [0.2, 0.25) is 0 Å². The van der Waals surface area contributed by atoms with Crippen LogP contribution in [0.15, 0.2) is 60.2 Å². The molecule has 2 N–H and O–H groups in total. The monoisotopic (exact) mass is 380 g/mol. The first-order valence-electron chi connectivity index (χ1n) is 9.17. The number of Topliss-reactive ketones (excluding diaryl/α,β-unsaturated/α-hetero) is 1. The number of carbonyl (C=O) groups excluding carboxylic acids is 2. The van der Waals surface area contributed by atoms with Crippen molar-refractivity contribution in [3.05, 3.63) is 71.3 Å². The molecule has 1 fully saturated rings. The average Bonchev–Trinajstić information content (AvgIpc) is 2.97. The highest BCUT2D eigenvalue weighted by Gasteiger charge is 2.45. The van der Waals surface area contributed by atoms with Crippen molar-refractivity contribution in [1.82, 2.24) is 4.90 Å². The summed E-state index contributed by atoms with van der Waals surface area (Å²) in [6, 6.07) is 15.6. The number of aliphatic hydroxyl groups is 2. The summed E-state index contributed by atoms with van der Waals surface area (Å²) in [6.07, 6.45) is 0.352. The van der Waals surface area contributed by atoms with Crippen LogP contribution in [0.25, 0.3) is 5.76 Å². The smallest absolute Gasteiger partial charge is 0.295 e. The first-order chi connectivity index (χ1) is 13.5. The Balaban J connectivity index is 2.12. The lowest BCUT2D eigenvalue weighted by Crippen LogP contribution is -2.31. The molecular weight excluding hydrogens is 356 g/mol. The Labute approximate surface area is 164 Å². The van der Waals surface area contributed by atoms with Crippen molar-refractivity contribution in [2.75, 3.05) is 32.1 Å². The fraction of sp³-hybridized carbons (Fsp3) is 0.273. The van der Waals surface area contributed by atoms with Crippen molar-refractivity contribution >= 4 is 23.1 Å². The van der Waals surface area contributed by atoms with Crippen molar-refractivity contribution in [3.63, 3.8) is 0 Å². The number of hydrogen-bond acceptors (Lipinski definition) is 5. The van der Waals surface area contributed by atoms with Crippen molar-refractivity contribution in [3.8, 4) is 0 Å². The van der Waals surface area contributed by atoms with Crippen LogP contribution in [-0.2, 0) is 9.59 Å². The Hall–Kier alpha value is -3.12. The van der Waals surface area contributed by atoms with Crippen molar-refractivity contribution in [2.24, 2.45) is 0 Å². The molecule has 146 valence electrons. The van der Waals surface area contributed by atoms with Gasteiger partial charge in [0.1, 0.15) is 5.76 Å². The van der Waals surface area contributed by atoms with Gasteiger partial charge >= 0.3 is 0 Å². The summed E-state index contributed by atoms with van der Waals surface area (Å²) >= 11 is 0. The van der Waals surface area contributed by atoms with Gasteiger partial charge in [-0.05, 0) is 24.1 Å². The fourth-order valence-electron chi connectivity index (χ4n) is 3.40. The number of ketones is 1. The highest BCUT2D eigenvalue weighted by atomic mass is 16.3. The van der Waals surface area contributed by atoms with Crippen molar-refractivity contribution in [2.45, 2.75) is 12.5 Å². The van der Waals surface area contributed by atoms with E-state index < -0.39 is 17.7 Å². The summed E-state index contributed by atoms with van der Waals surface area (Å²) in [5.41, 5.74) is 2.28. The number of hydrogen-bond donors (Lipinski definition) is 2. The molecule has 0 radical (unpaired) electrons. The van der Waals surface area contributed by atoms with E-state index in [2.05, 4.69) is 0 Å². The lowest BCUT2D eigenvalue weighted by atomic mass is 9.95. The number of aliphatic hydroxyl groups excluding tert-OH is 2. The lowest BCUT2D eigenvalue weighted by Gasteiger charge is -2.25. The van der Waals surface area contributed by atoms with E-state index in [0.29, 0.717) is 12.0 Å². The minimum absolute atomic E-state index is 0.0757. The quantitative estimate of drug-likeness (QED) is 0.457. The van der Waals surface area contributed by atoms with Gasteiger partial charge in [0.05, 0.1) is 11.6 Å². The second-order valence-electron chi connectivity index (χ2n) is 6.92. The zero-order valence-electron chi connectivity index (χ0n) is 16.0. The van der Waals surface area contributed by atoms with E-state index in [1.165, 1.54) is 4.90 Å². The number of nitrogens with zero attached hydrogens (tertiary/aromatic N) is 2. The van der Waals surface area contributed by atoms with E-state index in [9.17, 15) is 19.8 Å². The Morgan fingerprint density at radius 1 is 1.04 bits per heavy atom. The van der Waals surface area contributed by atoms with Crippen molar-refractivity contribution in [1.29, 1.82) is 0 Å². The maximum Gasteiger partial charge on any atom is 0.295 e. The number of benzene rings is 2. The van der Waals surface area contributed by atoms with E-state index in [4.69, 9.17) is 0 Å². The normalized spacial score (nSPS) is 18.5. The molecule has 1 unspecified atom stereocenters. The Kier molecular flexibility index (Phi) is 5.80. The van der Waals surface area contributed by atoms with E-state index in [-0.39, 0.29) is 24.5 Å². The molecule has 2 aromatic rings. The number of amides is 1. The molecule has 3 rings (SSSR count). The van der Waals surface area contributed by atoms with Crippen LogP contribution in [0.1, 0.15) is 23.6 Å². The van der Waals surface area contributed by atoms with Crippen LogP contribution >= 0.6 is 0 Å². The highest BCUT2D eigenvalue weighted by molar-refractivity contribution is 6.46. The summed E-state index contributed by atoms with van der Waals surface area (Å²) < 4.78 is 0. The van der Waals surface area contributed by atoms with Gasteiger partial charge in [0.25, 0.3) is 11.7 Å². The van der Waals surface area contributed by atoms with E-state index >= 15 is 0 Å². The predicted molar refractivity (Wildman–Crippen MR) is 108 cm³/mol. The van der Waals surface area contributed by atoms with E-state index in [1.807, 2.05) is 49.3 Å². The molecule has 6 heteroatoms. The van der Waals surface area contributed by atoms with Crippen LogP contribution in [0.2, 0.25) is 0 Å². The number of likely N-dealkylation sites (tertiary alicyclic amines) is 1. The van der Waals surface area contributed by atoms with Crippen LogP contribution in [0.3, 0.4) is 0 Å². The molecule has 0 saturated carbocycles. The zero-order chi connectivity index (χ0) is 20.3. The van der Waals surface area contributed by atoms with Gasteiger partial charge in [-0.3, -0.25) is 9.59 Å². The number of carbonyl (C=O) groups is 2. The minimum atomic E-state index is -0.707. The molecule has 1 amide bonds. The Morgan fingerprint density at radius 3 is 2.25 bits per heavy atom. The molecule has 1 aliphatic rings. The van der Waals surface area contributed by atoms with Gasteiger partial charge < -0.3 is 20.0 Å². The van der Waals surface area contributed by atoms with E-state index in [1.54, 1.807) is 24.3 Å². The average molecular weight is 380 g/mol. The van der Waals surface area contributed by atoms with Crippen molar-refractivity contribution < 1.29 is 19.8 Å². The molecule has 1 saturated heterocycles. The Bertz CT molecular complexity index is 889. The number of rotatable bonds is 6. The first-order valence-corrected chi connectivity index (χ1v) is 9.17. The topological polar surface area (TPSA) is 81.1 Å². The maximum atomic E-state index is 12.8. The second kappa shape index (κ2) is 8.27. The molecule has 0 bridgehead atoms. The SMILES string of the molecule is CN(C)c1ccc(C2/C(=C(/O)c3ccccc3)C(=O)C(=O)N2CCCO)cc1. The standard InChI is InChI=1S/C22H24N2O4/c1-23(2)17-11-9-15(10-12-17)19-18(20(26)16-7-4-3-5-8-16)21(27)22(28)24(19)13-6-14-25/h3-5,7-12,19,25-26H,6,13-14H2,1-2H3/b20-18-. The molecule has 0 aromatic heterocycles. The molecule has 28 heavy (non-hydrogen) atoms. The van der Waals surface area contributed by atoms with Gasteiger partial charge in [-0.25, -0.2) is 0 Å². The summed E-state index contributed by atoms with van der Waals surface area (Å²) in [5, 5.41) is 20.0. The molecule has 2 aromatic carbocycles. The van der Waals surface area contributed by atoms with Crippen LogP contribution < -0.4 is 4.90 Å². The van der Waals surface area contributed by atoms with Gasteiger partial charge in [0.15, 0.2) is 0 Å². The third-order valence-corrected chi connectivity index (χ3v) is 4.87. The number of anilines is 1. The minimum Gasteiger partial charge on any atom is -0.507 e. The second-order valence-corrected chi connectivity index (χ2v) is 6.92. The zero-order valence-corrected chi connectivity index (χ0v) is 16.0. The lowest BCUT2D eigenvalue weighted by molar-refractivity contribution is -0.140. The van der Waals surface area contributed by atoms with Crippen LogP contribution in [0.4, 0.5) is 5.69 Å². The fourth-order valence-corrected chi connectivity index (χ4v) is 3.40. The predicted octanol–water partition coefficient (Wildman–Crippen LogP) is 2.56. The molecule has 1 atom stereocenters. The van der Waals surface area contributed by atoms with Crippen LogP contribution in [0, 0.1) is 0 Å². The van der Waals surface area contributed by atoms with Crippen LogP contribution in [0.5, 0.6) is 0 Å². The molecule has 0 spiro atoms. The molecule has 1 heterocycles. The highest BCUT2D eigenvalue weighted by Crippen LogP contribution is 2.39. The maximum absolute atomic E-state index is 12.8. The summed E-state index contributed by atoms with van der Waals surface area (Å²) in [5.74, 6) is -1.55. The van der Waals surface area contributed by atoms with Gasteiger partial charge in [-0.15, -0.1) is 0 Å². The first kappa shape index (κ1) is 19.6. The van der Waals surface area contributed by atoms with Crippen LogP contribution in [-0.4, -0.2) is 54.1 Å². The molecule has 1 aliphatic heterocycles. The van der Waals surface area contributed by atoms with E-state index in [0.717, 1.165) is 11.3 Å². The summed E-state index contributed by atoms with van der Waals surface area (Å²) in [7, 11) is 3.86. The molecular formula is C22H24N2O4. The van der Waals surface area contributed by atoms with Gasteiger partial charge in [0, 0.05) is 38.5 Å². The largest absolute Gasteiger partial charge is 0.507 e. The molecule has 6 nitrogen and oxygen atoms in total. The summed E-state index contributed by atoms with van der Waals surface area (Å²) in [6.45, 7) is 0.140. The van der Waals surface area contributed by atoms with Gasteiger partial charge in [-0.2, -0.15) is 0 Å².